The second kappa shape index (κ2) is 9.41. The monoisotopic (exact) mass is 426 g/mol. The first-order valence-corrected chi connectivity index (χ1v) is 10.9. The summed E-state index contributed by atoms with van der Waals surface area (Å²) in [5, 5.41) is 8.06. The molecule has 1 heterocycles. The van der Waals surface area contributed by atoms with Gasteiger partial charge in [-0.3, -0.25) is 9.59 Å². The molecule has 154 valence electrons. The van der Waals surface area contributed by atoms with Crippen molar-refractivity contribution in [2.45, 2.75) is 13.0 Å². The summed E-state index contributed by atoms with van der Waals surface area (Å²) in [6, 6.07) is 28.0. The molecule has 2 amide bonds. The smallest absolute Gasteiger partial charge is 0.255 e. The molecule has 1 unspecified atom stereocenters. The number of amides is 2. The molecule has 0 fully saturated rings. The first kappa shape index (κ1) is 20.6. The Labute approximate surface area is 185 Å². The lowest BCUT2D eigenvalue weighted by molar-refractivity contribution is 0.0942. The van der Waals surface area contributed by atoms with Gasteiger partial charge in [-0.2, -0.15) is 0 Å². The van der Waals surface area contributed by atoms with Gasteiger partial charge in [-0.25, -0.2) is 0 Å². The van der Waals surface area contributed by atoms with Crippen LogP contribution in [0.15, 0.2) is 96.4 Å². The summed E-state index contributed by atoms with van der Waals surface area (Å²) in [6.07, 6.45) is 0. The summed E-state index contributed by atoms with van der Waals surface area (Å²) in [7, 11) is 0. The van der Waals surface area contributed by atoms with Gasteiger partial charge in [-0.15, -0.1) is 11.3 Å². The van der Waals surface area contributed by atoms with Crippen molar-refractivity contribution in [1.29, 1.82) is 0 Å². The van der Waals surface area contributed by atoms with E-state index in [1.165, 1.54) is 0 Å². The van der Waals surface area contributed by atoms with E-state index in [0.717, 1.165) is 16.0 Å². The van der Waals surface area contributed by atoms with Gasteiger partial charge in [-0.05, 0) is 53.8 Å². The highest BCUT2D eigenvalue weighted by Gasteiger charge is 2.19. The number of thiophene rings is 1. The lowest BCUT2D eigenvalue weighted by atomic mass is 10.0. The summed E-state index contributed by atoms with van der Waals surface area (Å²) < 4.78 is 0. The lowest BCUT2D eigenvalue weighted by Crippen LogP contribution is -2.29. The van der Waals surface area contributed by atoms with Gasteiger partial charge in [0.2, 0.25) is 0 Å². The molecule has 4 nitrogen and oxygen atoms in total. The molecular formula is C26H22N2O2S. The molecule has 0 aliphatic carbocycles. The van der Waals surface area contributed by atoms with E-state index in [-0.39, 0.29) is 17.9 Å². The van der Waals surface area contributed by atoms with Crippen LogP contribution in [0, 0.1) is 6.92 Å². The topological polar surface area (TPSA) is 58.2 Å². The molecule has 31 heavy (non-hydrogen) atoms. The zero-order valence-electron chi connectivity index (χ0n) is 17.0. The molecule has 1 aromatic heterocycles. The van der Waals surface area contributed by atoms with E-state index in [4.69, 9.17) is 0 Å². The molecule has 0 saturated carbocycles. The van der Waals surface area contributed by atoms with Crippen LogP contribution in [0.4, 0.5) is 5.69 Å². The number of aryl methyl sites for hydroxylation is 1. The maximum atomic E-state index is 13.1. The van der Waals surface area contributed by atoms with Gasteiger partial charge in [0, 0.05) is 21.7 Å². The number of carbonyl (C=O) groups is 2. The number of hydrogen-bond acceptors (Lipinski definition) is 3. The van der Waals surface area contributed by atoms with Crippen molar-refractivity contribution < 1.29 is 9.59 Å². The van der Waals surface area contributed by atoms with Gasteiger partial charge in [0.15, 0.2) is 0 Å². The number of hydrogen-bond donors (Lipinski definition) is 2. The van der Waals surface area contributed by atoms with Crippen LogP contribution >= 0.6 is 11.3 Å². The molecule has 3 aromatic carbocycles. The molecule has 1 atom stereocenters. The predicted molar refractivity (Wildman–Crippen MR) is 126 cm³/mol. The van der Waals surface area contributed by atoms with Crippen LogP contribution in [0.1, 0.15) is 42.8 Å². The largest absolute Gasteiger partial charge is 0.340 e. The standard InChI is InChI=1S/C26H22N2O2S/c1-18-14-15-21(17-22(18)27-25(29)20-11-6-3-7-12-20)26(30)28-24(23-13-8-16-31-23)19-9-4-2-5-10-19/h2-17,24H,1H3,(H,27,29)(H,28,30). The van der Waals surface area contributed by atoms with Gasteiger partial charge in [0.1, 0.15) is 0 Å². The number of nitrogens with one attached hydrogen (secondary N) is 2. The van der Waals surface area contributed by atoms with Crippen molar-refractivity contribution in [1.82, 2.24) is 5.32 Å². The molecule has 0 spiro atoms. The predicted octanol–water partition coefficient (Wildman–Crippen LogP) is 5.83. The Morgan fingerprint density at radius 2 is 1.48 bits per heavy atom. The maximum Gasteiger partial charge on any atom is 0.255 e. The second-order valence-electron chi connectivity index (χ2n) is 7.18. The number of rotatable bonds is 6. The Kier molecular flexibility index (Phi) is 6.24. The van der Waals surface area contributed by atoms with Crippen molar-refractivity contribution in [3.8, 4) is 0 Å². The van der Waals surface area contributed by atoms with E-state index in [1.807, 2.05) is 79.0 Å². The number of anilines is 1. The Bertz CT molecular complexity index is 1170. The minimum Gasteiger partial charge on any atom is -0.340 e. The third-order valence-electron chi connectivity index (χ3n) is 5.02. The zero-order chi connectivity index (χ0) is 21.6. The first-order valence-electron chi connectivity index (χ1n) is 9.98. The highest BCUT2D eigenvalue weighted by atomic mass is 32.1. The molecule has 4 rings (SSSR count). The van der Waals surface area contributed by atoms with Crippen LogP contribution in [0.2, 0.25) is 0 Å². The molecule has 0 aliphatic heterocycles. The Balaban J connectivity index is 1.57. The third kappa shape index (κ3) is 4.90. The fourth-order valence-corrected chi connectivity index (χ4v) is 4.12. The van der Waals surface area contributed by atoms with Crippen molar-refractivity contribution in [2.24, 2.45) is 0 Å². The van der Waals surface area contributed by atoms with E-state index in [0.29, 0.717) is 16.8 Å². The van der Waals surface area contributed by atoms with Gasteiger partial charge < -0.3 is 10.6 Å². The van der Waals surface area contributed by atoms with Crippen LogP contribution in [-0.2, 0) is 0 Å². The Morgan fingerprint density at radius 3 is 2.16 bits per heavy atom. The van der Waals surface area contributed by atoms with Crippen LogP contribution < -0.4 is 10.6 Å². The first-order chi connectivity index (χ1) is 15.1. The highest BCUT2D eigenvalue weighted by Crippen LogP contribution is 2.27. The van der Waals surface area contributed by atoms with Crippen molar-refractivity contribution >= 4 is 28.8 Å². The van der Waals surface area contributed by atoms with Gasteiger partial charge in [0.25, 0.3) is 11.8 Å². The van der Waals surface area contributed by atoms with E-state index < -0.39 is 0 Å². The van der Waals surface area contributed by atoms with Crippen LogP contribution in [0.3, 0.4) is 0 Å². The summed E-state index contributed by atoms with van der Waals surface area (Å²) >= 11 is 1.60. The molecule has 0 bridgehead atoms. The minimum atomic E-state index is -0.239. The molecule has 0 radical (unpaired) electrons. The van der Waals surface area contributed by atoms with E-state index in [9.17, 15) is 9.59 Å². The average Bonchev–Trinajstić information content (AvgIpc) is 3.34. The van der Waals surface area contributed by atoms with Crippen molar-refractivity contribution in [3.63, 3.8) is 0 Å². The van der Waals surface area contributed by atoms with Gasteiger partial charge >= 0.3 is 0 Å². The second-order valence-corrected chi connectivity index (χ2v) is 8.16. The number of carbonyl (C=O) groups excluding carboxylic acids is 2. The fourth-order valence-electron chi connectivity index (χ4n) is 3.32. The Hall–Kier alpha value is -3.70. The van der Waals surface area contributed by atoms with Crippen LogP contribution in [-0.4, -0.2) is 11.8 Å². The van der Waals surface area contributed by atoms with Gasteiger partial charge in [-0.1, -0.05) is 60.7 Å². The molecule has 0 aliphatic rings. The van der Waals surface area contributed by atoms with Crippen molar-refractivity contribution in [2.75, 3.05) is 5.32 Å². The normalized spacial score (nSPS) is 11.5. The molecule has 5 heteroatoms. The maximum absolute atomic E-state index is 13.1. The summed E-state index contributed by atoms with van der Waals surface area (Å²) in [5.41, 5.74) is 3.58. The van der Waals surface area contributed by atoms with Crippen LogP contribution in [0.5, 0.6) is 0 Å². The lowest BCUT2D eigenvalue weighted by Gasteiger charge is -2.19. The highest BCUT2D eigenvalue weighted by molar-refractivity contribution is 7.10. The summed E-state index contributed by atoms with van der Waals surface area (Å²) in [5.74, 6) is -0.403. The molecule has 0 saturated heterocycles. The van der Waals surface area contributed by atoms with E-state index in [2.05, 4.69) is 10.6 Å². The fraction of sp³-hybridized carbons (Fsp3) is 0.0769. The molecule has 2 N–H and O–H groups in total. The van der Waals surface area contributed by atoms with E-state index in [1.54, 1.807) is 35.6 Å². The molecular weight excluding hydrogens is 404 g/mol. The summed E-state index contributed by atoms with van der Waals surface area (Å²) in [4.78, 5) is 26.7. The number of benzene rings is 3. The summed E-state index contributed by atoms with van der Waals surface area (Å²) in [6.45, 7) is 1.90. The minimum absolute atomic E-state index is 0.197. The zero-order valence-corrected chi connectivity index (χ0v) is 17.9. The van der Waals surface area contributed by atoms with Crippen molar-refractivity contribution in [3.05, 3.63) is 124 Å². The Morgan fingerprint density at radius 1 is 0.774 bits per heavy atom. The quantitative estimate of drug-likeness (QED) is 0.408. The average molecular weight is 427 g/mol. The van der Waals surface area contributed by atoms with Gasteiger partial charge in [0.05, 0.1) is 6.04 Å². The van der Waals surface area contributed by atoms with E-state index >= 15 is 0 Å². The van der Waals surface area contributed by atoms with Crippen LogP contribution in [0.25, 0.3) is 0 Å². The molecule has 4 aromatic rings. The SMILES string of the molecule is Cc1ccc(C(=O)NC(c2ccccc2)c2cccs2)cc1NC(=O)c1ccccc1. The third-order valence-corrected chi connectivity index (χ3v) is 5.96.